The molecule has 2 amide bonds. The second kappa shape index (κ2) is 11.2. The molecule has 0 aliphatic heterocycles. The van der Waals surface area contributed by atoms with Crippen molar-refractivity contribution in [3.05, 3.63) is 66.0 Å². The summed E-state index contributed by atoms with van der Waals surface area (Å²) in [7, 11) is -2.19. The molecule has 0 aliphatic carbocycles. The third-order valence-corrected chi connectivity index (χ3v) is 4.45. The lowest BCUT2D eigenvalue weighted by molar-refractivity contribution is -0.127. The Bertz CT molecular complexity index is 846. The molecule has 0 bridgehead atoms. The molecule has 2 aromatic rings. The van der Waals surface area contributed by atoms with Crippen molar-refractivity contribution in [2.24, 2.45) is 5.92 Å². The van der Waals surface area contributed by atoms with Crippen molar-refractivity contribution in [2.75, 3.05) is 0 Å². The number of pyridine rings is 1. The minimum absolute atomic E-state index is 0.0237. The summed E-state index contributed by atoms with van der Waals surface area (Å²) in [4.78, 5) is 41.6. The number of nitrogens with one attached hydrogen (secondary N) is 2. The summed E-state index contributed by atoms with van der Waals surface area (Å²) in [6.45, 7) is 3.70. The first-order valence-corrected chi connectivity index (χ1v) is 9.73. The van der Waals surface area contributed by atoms with Crippen molar-refractivity contribution in [1.82, 2.24) is 15.6 Å². The highest BCUT2D eigenvalue weighted by Gasteiger charge is 2.33. The Kier molecular flexibility index (Phi) is 8.70. The van der Waals surface area contributed by atoms with Crippen LogP contribution in [0, 0.1) is 5.92 Å². The van der Waals surface area contributed by atoms with Crippen molar-refractivity contribution in [3.8, 4) is 0 Å². The first kappa shape index (κ1) is 23.2. The molecular weight excluding hydrogens is 385 g/mol. The summed E-state index contributed by atoms with van der Waals surface area (Å²) in [5.41, 5.74) is 0.219. The number of carbonyl (C=O) groups excluding carboxylic acids is 3. The Morgan fingerprint density at radius 1 is 1.00 bits per heavy atom. The zero-order chi connectivity index (χ0) is 22.1. The number of hydrogen-bond donors (Lipinski definition) is 4. The lowest BCUT2D eigenvalue weighted by atomic mass is 9.77. The van der Waals surface area contributed by atoms with Gasteiger partial charge in [-0.3, -0.25) is 14.6 Å². The van der Waals surface area contributed by atoms with Gasteiger partial charge in [-0.15, -0.1) is 0 Å². The van der Waals surface area contributed by atoms with Crippen molar-refractivity contribution >= 4 is 24.6 Å². The molecule has 0 fully saturated rings. The van der Waals surface area contributed by atoms with E-state index in [0.29, 0.717) is 5.56 Å². The van der Waals surface area contributed by atoms with E-state index in [1.54, 1.807) is 12.1 Å². The molecule has 0 saturated heterocycles. The van der Waals surface area contributed by atoms with Gasteiger partial charge in [0.25, 0.3) is 5.91 Å². The molecule has 0 radical (unpaired) electrons. The quantitative estimate of drug-likeness (QED) is 0.423. The first-order valence-electron chi connectivity index (χ1n) is 9.73. The zero-order valence-electron chi connectivity index (χ0n) is 17.0. The average molecular weight is 411 g/mol. The van der Waals surface area contributed by atoms with Crippen molar-refractivity contribution in [2.45, 2.75) is 38.8 Å². The van der Waals surface area contributed by atoms with Crippen LogP contribution in [0.2, 0.25) is 0 Å². The highest BCUT2D eigenvalue weighted by Crippen LogP contribution is 2.09. The molecule has 2 rings (SSSR count). The molecule has 4 N–H and O–H groups in total. The predicted octanol–water partition coefficient (Wildman–Crippen LogP) is 0.535. The molecule has 30 heavy (non-hydrogen) atoms. The van der Waals surface area contributed by atoms with Crippen LogP contribution in [0.1, 0.15) is 36.2 Å². The number of rotatable bonds is 10. The third kappa shape index (κ3) is 7.09. The number of benzene rings is 1. The molecule has 1 aromatic carbocycles. The molecule has 9 heteroatoms. The number of hydrogen-bond acceptors (Lipinski definition) is 6. The van der Waals surface area contributed by atoms with E-state index in [0.717, 1.165) is 5.56 Å². The predicted molar refractivity (Wildman–Crippen MR) is 112 cm³/mol. The third-order valence-electron chi connectivity index (χ3n) is 4.45. The molecule has 1 heterocycles. The number of amides is 2. The van der Waals surface area contributed by atoms with Gasteiger partial charge in [-0.2, -0.15) is 0 Å². The fourth-order valence-electron chi connectivity index (χ4n) is 2.97. The maximum atomic E-state index is 13.0. The summed E-state index contributed by atoms with van der Waals surface area (Å²) in [6.07, 6.45) is 3.35. The van der Waals surface area contributed by atoms with E-state index in [-0.39, 0.29) is 18.8 Å². The van der Waals surface area contributed by atoms with Gasteiger partial charge in [-0.25, -0.2) is 0 Å². The minimum Gasteiger partial charge on any atom is -0.421 e. The van der Waals surface area contributed by atoms with Gasteiger partial charge in [0.15, 0.2) is 5.68 Å². The van der Waals surface area contributed by atoms with Crippen LogP contribution in [0.5, 0.6) is 0 Å². The maximum absolute atomic E-state index is 13.0. The van der Waals surface area contributed by atoms with Gasteiger partial charge < -0.3 is 25.5 Å². The second-order valence-corrected chi connectivity index (χ2v) is 7.42. The molecule has 2 atom stereocenters. The van der Waals surface area contributed by atoms with E-state index in [1.165, 1.54) is 12.4 Å². The summed E-state index contributed by atoms with van der Waals surface area (Å²) >= 11 is 0. The summed E-state index contributed by atoms with van der Waals surface area (Å²) in [5.74, 6) is -1.04. The highest BCUT2D eigenvalue weighted by molar-refractivity contribution is 6.79. The molecule has 158 valence electrons. The van der Waals surface area contributed by atoms with Crippen LogP contribution < -0.4 is 10.6 Å². The van der Waals surface area contributed by atoms with Crippen LogP contribution in [0.15, 0.2) is 54.9 Å². The monoisotopic (exact) mass is 411 g/mol. The Balaban J connectivity index is 2.21. The number of aromatic nitrogens is 1. The van der Waals surface area contributed by atoms with E-state index in [4.69, 9.17) is 0 Å². The van der Waals surface area contributed by atoms with Crippen LogP contribution in [0.25, 0.3) is 0 Å². The SMILES string of the molecule is CC(C)C[C@H](NC(=O)[C@H](Cc1ccccc1)NC(=O)c1cccnc1)C(=O)B(O)O. The summed E-state index contributed by atoms with van der Waals surface area (Å²) < 4.78 is 0. The minimum atomic E-state index is -2.19. The lowest BCUT2D eigenvalue weighted by Gasteiger charge is -2.24. The van der Waals surface area contributed by atoms with Gasteiger partial charge in [0.05, 0.1) is 11.6 Å². The molecule has 0 spiro atoms. The van der Waals surface area contributed by atoms with Crippen molar-refractivity contribution < 1.29 is 24.4 Å². The maximum Gasteiger partial charge on any atom is 0.529 e. The van der Waals surface area contributed by atoms with Crippen LogP contribution in [0.4, 0.5) is 0 Å². The Morgan fingerprint density at radius 3 is 2.27 bits per heavy atom. The van der Waals surface area contributed by atoms with Gasteiger partial charge in [0.2, 0.25) is 5.91 Å². The average Bonchev–Trinajstić information content (AvgIpc) is 2.73. The zero-order valence-corrected chi connectivity index (χ0v) is 17.0. The van der Waals surface area contributed by atoms with Crippen LogP contribution in [-0.2, 0) is 16.0 Å². The van der Waals surface area contributed by atoms with Gasteiger partial charge in [0, 0.05) is 18.8 Å². The van der Waals surface area contributed by atoms with Gasteiger partial charge in [-0.05, 0) is 30.0 Å². The lowest BCUT2D eigenvalue weighted by Crippen LogP contribution is -2.55. The van der Waals surface area contributed by atoms with Crippen LogP contribution >= 0.6 is 0 Å². The normalized spacial score (nSPS) is 12.7. The van der Waals surface area contributed by atoms with Gasteiger partial charge in [-0.1, -0.05) is 44.2 Å². The number of nitrogens with zero attached hydrogens (tertiary/aromatic N) is 1. The molecule has 0 unspecified atom stereocenters. The molecule has 0 aliphatic rings. The summed E-state index contributed by atoms with van der Waals surface area (Å²) in [6, 6.07) is 10.3. The largest absolute Gasteiger partial charge is 0.529 e. The van der Waals surface area contributed by atoms with Crippen LogP contribution in [0.3, 0.4) is 0 Å². The second-order valence-electron chi connectivity index (χ2n) is 7.42. The summed E-state index contributed by atoms with van der Waals surface area (Å²) in [5, 5.41) is 23.8. The van der Waals surface area contributed by atoms with E-state index in [2.05, 4.69) is 15.6 Å². The molecule has 0 saturated carbocycles. The van der Waals surface area contributed by atoms with E-state index in [9.17, 15) is 24.4 Å². The Labute approximate surface area is 175 Å². The van der Waals surface area contributed by atoms with Crippen molar-refractivity contribution in [3.63, 3.8) is 0 Å². The number of carbonyl (C=O) groups is 3. The van der Waals surface area contributed by atoms with Gasteiger partial charge >= 0.3 is 7.12 Å². The first-order chi connectivity index (χ1) is 14.3. The van der Waals surface area contributed by atoms with E-state index in [1.807, 2.05) is 44.2 Å². The Hall–Kier alpha value is -3.04. The highest BCUT2D eigenvalue weighted by atomic mass is 16.4. The molecule has 8 nitrogen and oxygen atoms in total. The fraction of sp³-hybridized carbons (Fsp3) is 0.333. The molecular formula is C21H26BN3O5. The fourth-order valence-corrected chi connectivity index (χ4v) is 2.97. The standard InChI is InChI=1S/C21H26BN3O5/c1-14(2)11-17(19(26)22(29)30)24-21(28)18(12-15-7-4-3-5-8-15)25-20(27)16-9-6-10-23-13-16/h3-10,13-14,17-18,29-30H,11-12H2,1-2H3,(H,24,28)(H,25,27)/t17-,18-/m0/s1. The smallest absolute Gasteiger partial charge is 0.421 e. The molecule has 1 aromatic heterocycles. The topological polar surface area (TPSA) is 129 Å². The van der Waals surface area contributed by atoms with Gasteiger partial charge in [0.1, 0.15) is 6.04 Å². The Morgan fingerprint density at radius 2 is 1.70 bits per heavy atom. The van der Waals surface area contributed by atoms with E-state index < -0.39 is 36.7 Å². The van der Waals surface area contributed by atoms with Crippen LogP contribution in [-0.4, -0.2) is 51.7 Å². The van der Waals surface area contributed by atoms with E-state index >= 15 is 0 Å². The van der Waals surface area contributed by atoms with Crippen molar-refractivity contribution in [1.29, 1.82) is 0 Å².